The molecule has 2 nitrogen and oxygen atoms in total. The van der Waals surface area contributed by atoms with Gasteiger partial charge in [0.1, 0.15) is 0 Å². The van der Waals surface area contributed by atoms with E-state index in [1.54, 1.807) is 0 Å². The van der Waals surface area contributed by atoms with E-state index in [-0.39, 0.29) is 0 Å². The van der Waals surface area contributed by atoms with Gasteiger partial charge in [-0.2, -0.15) is 4.57 Å². The highest BCUT2D eigenvalue weighted by Crippen LogP contribution is 2.19. The Labute approximate surface area is 110 Å². The van der Waals surface area contributed by atoms with E-state index in [9.17, 15) is 0 Å². The fourth-order valence-corrected chi connectivity index (χ4v) is 2.65. The highest BCUT2D eigenvalue weighted by Gasteiger charge is 2.14. The molecule has 4 aromatic rings. The second-order valence-corrected chi connectivity index (χ2v) is 4.65. The van der Waals surface area contributed by atoms with Crippen LogP contribution in [-0.4, -0.2) is 4.98 Å². The Morgan fingerprint density at radius 2 is 1.68 bits per heavy atom. The topological polar surface area (TPSA) is 19.7 Å². The predicted octanol–water partition coefficient (Wildman–Crippen LogP) is 3.60. The maximum Gasteiger partial charge on any atom is 0.220 e. The van der Waals surface area contributed by atoms with Crippen molar-refractivity contribution in [2.75, 3.05) is 0 Å². The van der Waals surface area contributed by atoms with Gasteiger partial charge >= 0.3 is 0 Å². The van der Waals surface area contributed by atoms with Crippen LogP contribution in [0.2, 0.25) is 0 Å². The largest absolute Gasteiger partial charge is 0.361 e. The lowest BCUT2D eigenvalue weighted by Gasteiger charge is -2.01. The number of fused-ring (bicyclic) bond motifs is 2. The van der Waals surface area contributed by atoms with Crippen LogP contribution in [0.4, 0.5) is 0 Å². The number of aromatic nitrogens is 2. The molecule has 1 N–H and O–H groups in total. The number of aromatic amines is 1. The molecule has 2 aromatic carbocycles. The molecule has 0 atom stereocenters. The van der Waals surface area contributed by atoms with Crippen molar-refractivity contribution >= 4 is 21.8 Å². The first-order chi connectivity index (χ1) is 9.43. The zero-order chi connectivity index (χ0) is 12.7. The molecule has 0 aliphatic rings. The summed E-state index contributed by atoms with van der Waals surface area (Å²) in [7, 11) is 0. The SMILES string of the molecule is c1ccc2c(c1)ccc[n+]2-c1cccc2[nH]ccc12. The van der Waals surface area contributed by atoms with Gasteiger partial charge in [0.15, 0.2) is 6.20 Å². The molecule has 0 saturated carbocycles. The highest BCUT2D eigenvalue weighted by atomic mass is 15.0. The number of hydrogen-bond donors (Lipinski definition) is 1. The lowest BCUT2D eigenvalue weighted by Crippen LogP contribution is -2.30. The van der Waals surface area contributed by atoms with Gasteiger partial charge in [0.05, 0.1) is 10.9 Å². The monoisotopic (exact) mass is 245 g/mol. The Morgan fingerprint density at radius 1 is 0.789 bits per heavy atom. The van der Waals surface area contributed by atoms with Crippen molar-refractivity contribution in [3.05, 3.63) is 73.1 Å². The maximum atomic E-state index is 3.26. The number of pyridine rings is 1. The average Bonchev–Trinajstić information content (AvgIpc) is 2.95. The van der Waals surface area contributed by atoms with E-state index < -0.39 is 0 Å². The van der Waals surface area contributed by atoms with E-state index in [0.717, 1.165) is 5.52 Å². The van der Waals surface area contributed by atoms with Crippen LogP contribution in [0.1, 0.15) is 0 Å². The number of nitrogens with one attached hydrogen (secondary N) is 1. The number of H-pyrrole nitrogens is 1. The highest BCUT2D eigenvalue weighted by molar-refractivity contribution is 5.86. The predicted molar refractivity (Wildman–Crippen MR) is 77.3 cm³/mol. The molecule has 0 aliphatic carbocycles. The van der Waals surface area contributed by atoms with Gasteiger partial charge in [0.25, 0.3) is 0 Å². The third kappa shape index (κ3) is 1.54. The molecule has 0 radical (unpaired) electrons. The van der Waals surface area contributed by atoms with Gasteiger partial charge in [0.2, 0.25) is 11.2 Å². The lowest BCUT2D eigenvalue weighted by molar-refractivity contribution is -0.565. The Morgan fingerprint density at radius 3 is 2.68 bits per heavy atom. The molecule has 0 amide bonds. The Kier molecular flexibility index (Phi) is 2.15. The second-order valence-electron chi connectivity index (χ2n) is 4.65. The molecule has 0 saturated heterocycles. The first-order valence-electron chi connectivity index (χ1n) is 6.39. The summed E-state index contributed by atoms with van der Waals surface area (Å²) < 4.78 is 2.24. The van der Waals surface area contributed by atoms with Crippen molar-refractivity contribution < 1.29 is 4.57 Å². The summed E-state index contributed by atoms with van der Waals surface area (Å²) in [6.07, 6.45) is 4.10. The zero-order valence-corrected chi connectivity index (χ0v) is 10.4. The number of benzene rings is 2. The first kappa shape index (κ1) is 10.3. The van der Waals surface area contributed by atoms with Crippen molar-refractivity contribution in [3.63, 3.8) is 0 Å². The molecular weight excluding hydrogens is 232 g/mol. The molecule has 0 unspecified atom stereocenters. The molecule has 4 rings (SSSR count). The number of nitrogens with zero attached hydrogens (tertiary/aromatic N) is 1. The minimum absolute atomic E-state index is 1.16. The Bertz CT molecular complexity index is 869. The van der Waals surface area contributed by atoms with Crippen molar-refractivity contribution in [3.8, 4) is 5.69 Å². The van der Waals surface area contributed by atoms with Crippen molar-refractivity contribution in [1.82, 2.24) is 4.98 Å². The summed E-state index contributed by atoms with van der Waals surface area (Å²) >= 11 is 0. The van der Waals surface area contributed by atoms with Crippen LogP contribution in [-0.2, 0) is 0 Å². The molecule has 2 aromatic heterocycles. The van der Waals surface area contributed by atoms with E-state index in [4.69, 9.17) is 0 Å². The van der Waals surface area contributed by atoms with Crippen molar-refractivity contribution in [2.24, 2.45) is 0 Å². The van der Waals surface area contributed by atoms with E-state index in [0.29, 0.717) is 0 Å². The fraction of sp³-hybridized carbons (Fsp3) is 0. The molecule has 2 heteroatoms. The molecule has 2 heterocycles. The molecular formula is C17H13N2+. The van der Waals surface area contributed by atoms with Crippen LogP contribution in [0.3, 0.4) is 0 Å². The minimum atomic E-state index is 1.16. The summed E-state index contributed by atoms with van der Waals surface area (Å²) in [5.74, 6) is 0. The van der Waals surface area contributed by atoms with Gasteiger partial charge in [-0.1, -0.05) is 18.2 Å². The molecule has 0 aliphatic heterocycles. The van der Waals surface area contributed by atoms with E-state index in [1.807, 2.05) is 6.20 Å². The summed E-state index contributed by atoms with van der Waals surface area (Å²) in [4.78, 5) is 3.26. The minimum Gasteiger partial charge on any atom is -0.361 e. The molecule has 0 bridgehead atoms. The van der Waals surface area contributed by atoms with Gasteiger partial charge < -0.3 is 4.98 Å². The average molecular weight is 245 g/mol. The molecule has 90 valence electrons. The Balaban J connectivity index is 2.12. The summed E-state index contributed by atoms with van der Waals surface area (Å²) in [5.41, 5.74) is 3.59. The summed E-state index contributed by atoms with van der Waals surface area (Å²) in [6.45, 7) is 0. The maximum absolute atomic E-state index is 3.26. The van der Waals surface area contributed by atoms with E-state index >= 15 is 0 Å². The quantitative estimate of drug-likeness (QED) is 0.494. The van der Waals surface area contributed by atoms with Crippen molar-refractivity contribution in [1.29, 1.82) is 0 Å². The van der Waals surface area contributed by atoms with Crippen LogP contribution in [0.25, 0.3) is 27.5 Å². The third-order valence-electron chi connectivity index (χ3n) is 3.54. The molecule has 0 spiro atoms. The van der Waals surface area contributed by atoms with E-state index in [2.05, 4.69) is 76.4 Å². The lowest BCUT2D eigenvalue weighted by atomic mass is 10.1. The summed E-state index contributed by atoms with van der Waals surface area (Å²) in [5, 5.41) is 2.49. The standard InChI is InChI=1S/C17H13N2/c1-2-8-16-13(5-1)6-4-12-19(16)17-9-3-7-15-14(17)10-11-18-15/h1-12,18H/q+1. The fourth-order valence-electron chi connectivity index (χ4n) is 2.65. The number of para-hydroxylation sites is 1. The number of hydrogen-bond acceptors (Lipinski definition) is 0. The molecule has 0 fully saturated rings. The second kappa shape index (κ2) is 3.95. The number of rotatable bonds is 1. The Hall–Kier alpha value is -2.61. The van der Waals surface area contributed by atoms with Crippen molar-refractivity contribution in [2.45, 2.75) is 0 Å². The third-order valence-corrected chi connectivity index (χ3v) is 3.54. The first-order valence-corrected chi connectivity index (χ1v) is 6.39. The van der Waals surface area contributed by atoms with Gasteiger partial charge in [-0.3, -0.25) is 0 Å². The van der Waals surface area contributed by atoms with Crippen LogP contribution in [0.5, 0.6) is 0 Å². The summed E-state index contributed by atoms with van der Waals surface area (Å²) in [6, 6.07) is 21.1. The van der Waals surface area contributed by atoms with Crippen LogP contribution < -0.4 is 4.57 Å². The van der Waals surface area contributed by atoms with Crippen LogP contribution in [0, 0.1) is 0 Å². The van der Waals surface area contributed by atoms with Gasteiger partial charge in [-0.25, -0.2) is 0 Å². The smallest absolute Gasteiger partial charge is 0.220 e. The van der Waals surface area contributed by atoms with Gasteiger partial charge in [0, 0.05) is 29.8 Å². The van der Waals surface area contributed by atoms with Gasteiger partial charge in [-0.15, -0.1) is 0 Å². The van der Waals surface area contributed by atoms with Crippen LogP contribution >= 0.6 is 0 Å². The molecule has 19 heavy (non-hydrogen) atoms. The van der Waals surface area contributed by atoms with E-state index in [1.165, 1.54) is 22.0 Å². The van der Waals surface area contributed by atoms with Gasteiger partial charge in [-0.05, 0) is 24.3 Å². The zero-order valence-electron chi connectivity index (χ0n) is 10.4. The van der Waals surface area contributed by atoms with Crippen LogP contribution in [0.15, 0.2) is 73.1 Å². The normalized spacial score (nSPS) is 11.2.